The fourth-order valence-corrected chi connectivity index (χ4v) is 2.73. The summed E-state index contributed by atoms with van der Waals surface area (Å²) in [6.07, 6.45) is 3.04. The SMILES string of the molecule is C=C1CNCC/C1=C/c1nc(-c2c(O)c(C)nn2C)[nH]c1C. The molecule has 0 radical (unpaired) electrons. The van der Waals surface area contributed by atoms with Crippen molar-refractivity contribution in [3.63, 3.8) is 0 Å². The maximum atomic E-state index is 10.2. The predicted octanol–water partition coefficient (Wildman–Crippen LogP) is 2.07. The molecule has 6 heteroatoms. The van der Waals surface area contributed by atoms with E-state index < -0.39 is 0 Å². The molecule has 3 rings (SSSR count). The Labute approximate surface area is 129 Å². The van der Waals surface area contributed by atoms with Crippen molar-refractivity contribution in [1.29, 1.82) is 0 Å². The van der Waals surface area contributed by atoms with E-state index >= 15 is 0 Å². The Morgan fingerprint density at radius 1 is 1.36 bits per heavy atom. The van der Waals surface area contributed by atoms with Crippen LogP contribution in [0.2, 0.25) is 0 Å². The van der Waals surface area contributed by atoms with Crippen LogP contribution >= 0.6 is 0 Å². The minimum absolute atomic E-state index is 0.168. The molecule has 2 aromatic rings. The molecule has 1 aliphatic heterocycles. The third-order valence-electron chi connectivity index (χ3n) is 4.01. The monoisotopic (exact) mass is 299 g/mol. The molecule has 3 heterocycles. The molecule has 0 spiro atoms. The fraction of sp³-hybridized carbons (Fsp3) is 0.375. The maximum Gasteiger partial charge on any atom is 0.167 e. The van der Waals surface area contributed by atoms with Crippen LogP contribution in [0.25, 0.3) is 17.6 Å². The van der Waals surface area contributed by atoms with E-state index in [1.165, 1.54) is 5.57 Å². The van der Waals surface area contributed by atoms with Gasteiger partial charge in [-0.15, -0.1) is 0 Å². The number of piperidine rings is 1. The first-order chi connectivity index (χ1) is 10.5. The van der Waals surface area contributed by atoms with Gasteiger partial charge in [0.15, 0.2) is 11.6 Å². The van der Waals surface area contributed by atoms with E-state index in [0.717, 1.165) is 36.5 Å². The molecule has 22 heavy (non-hydrogen) atoms. The lowest BCUT2D eigenvalue weighted by atomic mass is 9.99. The topological polar surface area (TPSA) is 78.8 Å². The number of aromatic nitrogens is 4. The average molecular weight is 299 g/mol. The van der Waals surface area contributed by atoms with Crippen LogP contribution in [0.5, 0.6) is 5.75 Å². The van der Waals surface area contributed by atoms with Crippen LogP contribution in [-0.4, -0.2) is 37.9 Å². The largest absolute Gasteiger partial charge is 0.504 e. The molecule has 3 N–H and O–H groups in total. The lowest BCUT2D eigenvalue weighted by Crippen LogP contribution is -2.25. The minimum Gasteiger partial charge on any atom is -0.504 e. The number of hydrogen-bond acceptors (Lipinski definition) is 4. The van der Waals surface area contributed by atoms with Gasteiger partial charge in [0.05, 0.1) is 5.69 Å². The van der Waals surface area contributed by atoms with Crippen LogP contribution < -0.4 is 5.32 Å². The van der Waals surface area contributed by atoms with E-state index in [-0.39, 0.29) is 5.75 Å². The van der Waals surface area contributed by atoms with Crippen molar-refractivity contribution in [2.75, 3.05) is 13.1 Å². The fourth-order valence-electron chi connectivity index (χ4n) is 2.73. The first kappa shape index (κ1) is 14.6. The van der Waals surface area contributed by atoms with Crippen molar-refractivity contribution in [3.05, 3.63) is 34.8 Å². The summed E-state index contributed by atoms with van der Waals surface area (Å²) in [5, 5.41) is 17.7. The molecule has 2 aromatic heterocycles. The number of nitrogens with zero attached hydrogens (tertiary/aromatic N) is 3. The van der Waals surface area contributed by atoms with E-state index in [4.69, 9.17) is 0 Å². The first-order valence-electron chi connectivity index (χ1n) is 7.36. The Balaban J connectivity index is 2.01. The second kappa shape index (κ2) is 5.46. The zero-order chi connectivity index (χ0) is 15.9. The molecule has 116 valence electrons. The van der Waals surface area contributed by atoms with Gasteiger partial charge in [0.2, 0.25) is 0 Å². The van der Waals surface area contributed by atoms with Gasteiger partial charge in [-0.25, -0.2) is 4.98 Å². The highest BCUT2D eigenvalue weighted by molar-refractivity contribution is 5.65. The predicted molar refractivity (Wildman–Crippen MR) is 86.5 cm³/mol. The van der Waals surface area contributed by atoms with E-state index in [1.807, 2.05) is 6.92 Å². The van der Waals surface area contributed by atoms with Crippen LogP contribution in [0.4, 0.5) is 0 Å². The number of nitrogens with one attached hydrogen (secondary N) is 2. The molecule has 1 fully saturated rings. The summed E-state index contributed by atoms with van der Waals surface area (Å²) < 4.78 is 1.64. The quantitative estimate of drug-likeness (QED) is 0.793. The zero-order valence-corrected chi connectivity index (χ0v) is 13.2. The van der Waals surface area contributed by atoms with Crippen LogP contribution in [0, 0.1) is 13.8 Å². The summed E-state index contributed by atoms with van der Waals surface area (Å²) in [4.78, 5) is 7.87. The molecule has 0 atom stereocenters. The summed E-state index contributed by atoms with van der Waals surface area (Å²) in [6, 6.07) is 0. The Morgan fingerprint density at radius 3 is 2.77 bits per heavy atom. The normalized spacial score (nSPS) is 17.4. The Hall–Kier alpha value is -2.34. The van der Waals surface area contributed by atoms with Crippen molar-refractivity contribution in [2.24, 2.45) is 7.05 Å². The van der Waals surface area contributed by atoms with Crippen LogP contribution in [-0.2, 0) is 7.05 Å². The molecule has 1 saturated heterocycles. The summed E-state index contributed by atoms with van der Waals surface area (Å²) in [5.74, 6) is 0.797. The van der Waals surface area contributed by atoms with Crippen LogP contribution in [0.3, 0.4) is 0 Å². The van der Waals surface area contributed by atoms with Gasteiger partial charge in [-0.05, 0) is 44.0 Å². The van der Waals surface area contributed by atoms with Gasteiger partial charge in [0.25, 0.3) is 0 Å². The minimum atomic E-state index is 0.168. The average Bonchev–Trinajstić information content (AvgIpc) is 2.93. The van der Waals surface area contributed by atoms with Gasteiger partial charge in [-0.2, -0.15) is 5.10 Å². The van der Waals surface area contributed by atoms with Crippen molar-refractivity contribution < 1.29 is 5.11 Å². The Bertz CT molecular complexity index is 766. The van der Waals surface area contributed by atoms with Crippen molar-refractivity contribution >= 4 is 6.08 Å². The van der Waals surface area contributed by atoms with E-state index in [1.54, 1.807) is 18.7 Å². The first-order valence-corrected chi connectivity index (χ1v) is 7.36. The highest BCUT2D eigenvalue weighted by Gasteiger charge is 2.18. The standard InChI is InChI=1S/C16H21N5O/c1-9-8-17-6-5-12(9)7-13-10(2)18-16(19-13)14-15(22)11(3)20-21(14)4/h7,17,22H,1,5-6,8H2,2-4H3,(H,18,19)/b12-7-. The molecule has 0 aliphatic carbocycles. The van der Waals surface area contributed by atoms with E-state index in [2.05, 4.69) is 33.0 Å². The maximum absolute atomic E-state index is 10.2. The molecule has 0 saturated carbocycles. The van der Waals surface area contributed by atoms with Crippen LogP contribution in [0.15, 0.2) is 17.7 Å². The second-order valence-corrected chi connectivity index (χ2v) is 5.70. The van der Waals surface area contributed by atoms with Crippen LogP contribution in [0.1, 0.15) is 23.5 Å². The number of aromatic amines is 1. The zero-order valence-electron chi connectivity index (χ0n) is 13.2. The summed E-state index contributed by atoms with van der Waals surface area (Å²) in [6.45, 7) is 9.63. The van der Waals surface area contributed by atoms with Gasteiger partial charge >= 0.3 is 0 Å². The van der Waals surface area contributed by atoms with Crippen molar-refractivity contribution in [2.45, 2.75) is 20.3 Å². The molecule has 0 unspecified atom stereocenters. The van der Waals surface area contributed by atoms with Crippen molar-refractivity contribution in [3.8, 4) is 17.3 Å². The molecule has 0 bridgehead atoms. The third-order valence-corrected chi connectivity index (χ3v) is 4.01. The highest BCUT2D eigenvalue weighted by Crippen LogP contribution is 2.30. The van der Waals surface area contributed by atoms with Gasteiger partial charge in [0, 0.05) is 19.3 Å². The van der Waals surface area contributed by atoms with Gasteiger partial charge in [-0.3, -0.25) is 4.68 Å². The number of imidazole rings is 1. The van der Waals surface area contributed by atoms with Gasteiger partial charge in [-0.1, -0.05) is 6.58 Å². The number of rotatable bonds is 2. The molecule has 1 aliphatic rings. The summed E-state index contributed by atoms with van der Waals surface area (Å²) >= 11 is 0. The lowest BCUT2D eigenvalue weighted by molar-refractivity contribution is 0.472. The molecule has 6 nitrogen and oxygen atoms in total. The number of aryl methyl sites for hydroxylation is 3. The summed E-state index contributed by atoms with van der Waals surface area (Å²) in [7, 11) is 1.80. The van der Waals surface area contributed by atoms with E-state index in [9.17, 15) is 5.11 Å². The molecular weight excluding hydrogens is 278 g/mol. The number of hydrogen-bond donors (Lipinski definition) is 3. The summed E-state index contributed by atoms with van der Waals surface area (Å²) in [5.41, 5.74) is 5.38. The molecule has 0 aromatic carbocycles. The lowest BCUT2D eigenvalue weighted by Gasteiger charge is -2.17. The van der Waals surface area contributed by atoms with E-state index in [0.29, 0.717) is 17.2 Å². The molecule has 0 amide bonds. The smallest absolute Gasteiger partial charge is 0.167 e. The molecular formula is C16H21N5O. The third kappa shape index (κ3) is 2.46. The highest BCUT2D eigenvalue weighted by atomic mass is 16.3. The van der Waals surface area contributed by atoms with Gasteiger partial charge in [0.1, 0.15) is 11.4 Å². The second-order valence-electron chi connectivity index (χ2n) is 5.70. The van der Waals surface area contributed by atoms with Crippen molar-refractivity contribution in [1.82, 2.24) is 25.1 Å². The number of H-pyrrole nitrogens is 1. The number of aromatic hydroxyl groups is 1. The Kier molecular flexibility index (Phi) is 3.62. The van der Waals surface area contributed by atoms with Gasteiger partial charge < -0.3 is 15.4 Å². The Morgan fingerprint density at radius 2 is 2.14 bits per heavy atom.